The molecule has 0 aromatic heterocycles. The molecule has 6 aliphatic carbocycles. The Kier molecular flexibility index (Phi) is 12.8. The summed E-state index contributed by atoms with van der Waals surface area (Å²) in [6.45, 7) is 19.9. The van der Waals surface area contributed by atoms with Gasteiger partial charge >= 0.3 is 395 Å². The molecule has 336 valence electrons. The molecule has 4 bridgehead atoms. The minimum absolute atomic E-state index is 0. The second-order valence-corrected chi connectivity index (χ2v) is 28.5. The van der Waals surface area contributed by atoms with Gasteiger partial charge in [-0.2, -0.15) is 0 Å². The van der Waals surface area contributed by atoms with Gasteiger partial charge < -0.3 is 24.8 Å². The van der Waals surface area contributed by atoms with Crippen molar-refractivity contribution < 1.29 is 46.1 Å². The van der Waals surface area contributed by atoms with Crippen molar-refractivity contribution in [3.8, 4) is 33.4 Å². The average molecular weight is 985 g/mol. The molecule has 0 N–H and O–H groups in total. The third-order valence-electron chi connectivity index (χ3n) is 16.7. The molecule has 6 aromatic carbocycles. The third-order valence-corrected chi connectivity index (χ3v) is 24.8. The van der Waals surface area contributed by atoms with Gasteiger partial charge in [0.25, 0.3) is 0 Å². The molecule has 1 unspecified atom stereocenters. The summed E-state index contributed by atoms with van der Waals surface area (Å²) in [6.07, 6.45) is 13.9. The van der Waals surface area contributed by atoms with Crippen molar-refractivity contribution in [1.82, 2.24) is 0 Å². The molecular weight excluding hydrogens is 919 g/mol. The Bertz CT molecular complexity index is 2800. The fourth-order valence-corrected chi connectivity index (χ4v) is 22.6. The summed E-state index contributed by atoms with van der Waals surface area (Å²) in [4.78, 5) is 0. The van der Waals surface area contributed by atoms with E-state index in [0.29, 0.717) is 5.92 Å². The van der Waals surface area contributed by atoms with Gasteiger partial charge in [-0.25, -0.2) is 0 Å². The minimum Gasteiger partial charge on any atom is -1.00 e. The van der Waals surface area contributed by atoms with E-state index in [1.54, 1.807) is 20.9 Å². The summed E-state index contributed by atoms with van der Waals surface area (Å²) in [5.74, 6) is 3.93. The van der Waals surface area contributed by atoms with E-state index in [2.05, 4.69) is 207 Å². The molecule has 0 saturated heterocycles. The number of hydrogen-bond acceptors (Lipinski definition) is 0. The molecule has 0 radical (unpaired) electrons. The summed E-state index contributed by atoms with van der Waals surface area (Å²) >= 11 is -3.27. The van der Waals surface area contributed by atoms with Gasteiger partial charge in [0, 0.05) is 0 Å². The second kappa shape index (κ2) is 17.9. The summed E-state index contributed by atoms with van der Waals surface area (Å²) in [5, 5.41) is 0. The second-order valence-electron chi connectivity index (χ2n) is 22.7. The quantitative estimate of drug-likeness (QED) is 0.149. The summed E-state index contributed by atoms with van der Waals surface area (Å²) in [6, 6.07) is 54.0. The fourth-order valence-electron chi connectivity index (χ4n) is 13.7. The Balaban J connectivity index is 0.00000274. The Morgan fingerprint density at radius 3 is 1.56 bits per heavy atom. The number of benzene rings is 6. The van der Waals surface area contributed by atoms with Crippen LogP contribution in [0.4, 0.5) is 0 Å². The van der Waals surface area contributed by atoms with E-state index < -0.39 is 21.3 Å². The van der Waals surface area contributed by atoms with Crippen molar-refractivity contribution in [3.05, 3.63) is 194 Å². The summed E-state index contributed by atoms with van der Waals surface area (Å²) in [5.41, 5.74) is 19.1. The number of halogens is 2. The zero-order valence-corrected chi connectivity index (χ0v) is 44.3. The predicted molar refractivity (Wildman–Crippen MR) is 269 cm³/mol. The van der Waals surface area contributed by atoms with Crippen molar-refractivity contribution in [1.29, 1.82) is 0 Å². The molecule has 0 nitrogen and oxygen atoms in total. The van der Waals surface area contributed by atoms with Crippen molar-refractivity contribution >= 4 is 6.48 Å². The van der Waals surface area contributed by atoms with Gasteiger partial charge in [-0.1, -0.05) is 0 Å². The Hall–Kier alpha value is -3.87. The van der Waals surface area contributed by atoms with Crippen LogP contribution in [0, 0.1) is 35.0 Å². The molecule has 0 heterocycles. The molecule has 3 heteroatoms. The minimum atomic E-state index is -3.27. The van der Waals surface area contributed by atoms with Gasteiger partial charge in [0.2, 0.25) is 0 Å². The molecule has 66 heavy (non-hydrogen) atoms. The molecule has 12 rings (SSSR count). The monoisotopic (exact) mass is 982 g/mol. The van der Waals surface area contributed by atoms with Crippen LogP contribution in [-0.4, -0.2) is 3.21 Å². The van der Waals surface area contributed by atoms with Gasteiger partial charge in [0.1, 0.15) is 0 Å². The van der Waals surface area contributed by atoms with Gasteiger partial charge in [0.05, 0.1) is 0 Å². The van der Waals surface area contributed by atoms with Crippen LogP contribution >= 0.6 is 0 Å². The normalized spacial score (nSPS) is 23.4. The summed E-state index contributed by atoms with van der Waals surface area (Å²) < 4.78 is 5.08. The summed E-state index contributed by atoms with van der Waals surface area (Å²) in [7, 11) is 0. The maximum Gasteiger partial charge on any atom is -1.00 e. The van der Waals surface area contributed by atoms with E-state index in [-0.39, 0.29) is 41.1 Å². The van der Waals surface area contributed by atoms with Crippen molar-refractivity contribution in [2.75, 3.05) is 0 Å². The maximum atomic E-state index is 2.88. The number of allylic oxidation sites excluding steroid dienone is 4. The molecule has 1 atom stereocenters. The molecule has 4 saturated carbocycles. The van der Waals surface area contributed by atoms with E-state index in [1.807, 2.05) is 0 Å². The van der Waals surface area contributed by atoms with E-state index >= 15 is 0 Å². The predicted octanol–water partition coefficient (Wildman–Crippen LogP) is 9.63. The van der Waals surface area contributed by atoms with Gasteiger partial charge in [-0.15, -0.1) is 0 Å². The molecule has 4 fully saturated rings. The SMILES string of the molecule is CC1C=C(C2(C)C3CC4CC(C3)CC2C4)C=[C]1[Zr+2](=[C](c1ccccc1)c1ccccc1)[c]1c2c(cc(C(C)(C)C)c1-c1ccccc1)-c1cc(C(C)(C)C)c(-c3ccccc3)cc1C2.[Cl-].[Cl-]. The first-order valence-corrected chi connectivity index (χ1v) is 28.2. The average Bonchev–Trinajstić information content (AvgIpc) is 3.86. The smallest absolute Gasteiger partial charge is 1.00 e. The first kappa shape index (κ1) is 47.2. The molecular formula is C63H66Cl2Zr. The topological polar surface area (TPSA) is 0 Å². The standard InChI is InChI=1S/C33H33.C17H23.C13H10.2ClH.Zr/c1-32(2,3)30-20-26-24(18-28(30)22-13-9-7-10-14-22)17-25-19-29(23-15-11-8-12-16-23)31(21-27(25)26)33(4,5)6;1-11-3-4-14(5-11)17(2)15-7-12-6-13(9-15)10-16(17)8-12;1-3-7-12(8-4-1)11-13-9-5-2-6-10-13;;;/h7-16,18,20-21H,17H2,1-6H3;4-5,11-13,15-16H,6-10H2,1-2H3;1-10H;2*1H;/q;;;;;+2/p-2. The van der Waals surface area contributed by atoms with Crippen LogP contribution in [-0.2, 0) is 38.5 Å². The zero-order valence-electron chi connectivity index (χ0n) is 40.3. The molecule has 0 spiro atoms. The van der Waals surface area contributed by atoms with Crippen LogP contribution in [0.3, 0.4) is 0 Å². The first-order chi connectivity index (χ1) is 30.8. The van der Waals surface area contributed by atoms with E-state index in [0.717, 1.165) is 30.1 Å². The fraction of sp³-hybridized carbons (Fsp3) is 0.349. The van der Waals surface area contributed by atoms with Crippen molar-refractivity contribution in [2.45, 2.75) is 105 Å². The zero-order chi connectivity index (χ0) is 44.1. The van der Waals surface area contributed by atoms with Crippen molar-refractivity contribution in [3.63, 3.8) is 0 Å². The molecule has 6 aliphatic rings. The van der Waals surface area contributed by atoms with Crippen LogP contribution in [0.2, 0.25) is 0 Å². The first-order valence-electron chi connectivity index (χ1n) is 24.6. The van der Waals surface area contributed by atoms with Crippen LogP contribution in [0.5, 0.6) is 0 Å². The Morgan fingerprint density at radius 2 is 1.05 bits per heavy atom. The van der Waals surface area contributed by atoms with Gasteiger partial charge in [0.15, 0.2) is 0 Å². The maximum absolute atomic E-state index is 3.27. The van der Waals surface area contributed by atoms with Crippen LogP contribution in [0.1, 0.15) is 121 Å². The molecule has 0 aliphatic heterocycles. The molecule has 0 amide bonds. The van der Waals surface area contributed by atoms with Crippen LogP contribution in [0.25, 0.3) is 33.4 Å². The van der Waals surface area contributed by atoms with Crippen molar-refractivity contribution in [2.24, 2.45) is 35.0 Å². The number of hydrogen-bond donors (Lipinski definition) is 0. The molecule has 6 aromatic rings. The van der Waals surface area contributed by atoms with Gasteiger partial charge in [-0.05, 0) is 0 Å². The Labute approximate surface area is 416 Å². The number of rotatable bonds is 7. The van der Waals surface area contributed by atoms with Crippen LogP contribution in [0.15, 0.2) is 161 Å². The Morgan fingerprint density at radius 1 is 0.561 bits per heavy atom. The van der Waals surface area contributed by atoms with Crippen LogP contribution < -0.4 is 28.1 Å². The third kappa shape index (κ3) is 8.00. The van der Waals surface area contributed by atoms with E-state index in [1.165, 1.54) is 93.3 Å². The van der Waals surface area contributed by atoms with E-state index in [9.17, 15) is 0 Å². The number of fused-ring (bicyclic) bond motifs is 3. The van der Waals surface area contributed by atoms with Gasteiger partial charge in [-0.3, -0.25) is 0 Å². The van der Waals surface area contributed by atoms with E-state index in [4.69, 9.17) is 0 Å². The largest absolute Gasteiger partial charge is 1.00 e.